The summed E-state index contributed by atoms with van der Waals surface area (Å²) in [7, 11) is -3.46. The summed E-state index contributed by atoms with van der Waals surface area (Å²) in [5.41, 5.74) is 2.57. The predicted octanol–water partition coefficient (Wildman–Crippen LogP) is 3.55. The molecule has 0 saturated carbocycles. The Labute approximate surface area is 169 Å². The van der Waals surface area contributed by atoms with E-state index < -0.39 is 10.0 Å². The number of oxazole rings is 1. The molecule has 8 heteroatoms. The number of benzene rings is 2. The third-order valence-corrected chi connectivity index (χ3v) is 7.20. The van der Waals surface area contributed by atoms with Crippen LogP contribution < -0.4 is 0 Å². The van der Waals surface area contributed by atoms with E-state index in [1.54, 1.807) is 28.6 Å². The van der Waals surface area contributed by atoms with E-state index in [2.05, 4.69) is 9.88 Å². The molecule has 148 valence electrons. The van der Waals surface area contributed by atoms with Gasteiger partial charge in [-0.15, -0.1) is 0 Å². The summed E-state index contributed by atoms with van der Waals surface area (Å²) >= 11 is 5.99. The van der Waals surface area contributed by atoms with Gasteiger partial charge in [-0.2, -0.15) is 4.31 Å². The molecule has 6 nitrogen and oxygen atoms in total. The number of fused-ring (bicyclic) bond motifs is 1. The lowest BCUT2D eigenvalue weighted by Crippen LogP contribution is -2.48. The first-order valence-electron chi connectivity index (χ1n) is 9.32. The molecule has 28 heavy (non-hydrogen) atoms. The largest absolute Gasteiger partial charge is 0.439 e. The number of rotatable bonds is 5. The van der Waals surface area contributed by atoms with Gasteiger partial charge in [-0.05, 0) is 42.3 Å². The first-order valence-corrected chi connectivity index (χ1v) is 11.1. The lowest BCUT2D eigenvalue weighted by atomic mass is 10.2. The van der Waals surface area contributed by atoms with Crippen molar-refractivity contribution in [3.63, 3.8) is 0 Å². The molecule has 0 spiro atoms. The SMILES string of the molecule is CCc1ccc(S(=O)(=O)N2CCN(Cc3nc4cc(Cl)ccc4o3)CC2)cc1. The van der Waals surface area contributed by atoms with E-state index in [1.165, 1.54) is 0 Å². The minimum Gasteiger partial charge on any atom is -0.439 e. The molecule has 1 aliphatic rings. The smallest absolute Gasteiger partial charge is 0.243 e. The number of aryl methyl sites for hydroxylation is 1. The molecule has 0 bridgehead atoms. The van der Waals surface area contributed by atoms with Gasteiger partial charge in [-0.1, -0.05) is 30.7 Å². The summed E-state index contributed by atoms with van der Waals surface area (Å²) in [5, 5.41) is 0.623. The van der Waals surface area contributed by atoms with E-state index >= 15 is 0 Å². The monoisotopic (exact) mass is 419 g/mol. The molecule has 1 saturated heterocycles. The zero-order valence-corrected chi connectivity index (χ0v) is 17.2. The van der Waals surface area contributed by atoms with Crippen LogP contribution in [-0.2, 0) is 23.0 Å². The van der Waals surface area contributed by atoms with Crippen molar-refractivity contribution in [1.82, 2.24) is 14.2 Å². The second-order valence-electron chi connectivity index (χ2n) is 6.90. The zero-order chi connectivity index (χ0) is 19.7. The predicted molar refractivity (Wildman–Crippen MR) is 109 cm³/mol. The third-order valence-electron chi connectivity index (χ3n) is 5.05. The Morgan fingerprint density at radius 3 is 2.46 bits per heavy atom. The van der Waals surface area contributed by atoms with E-state index in [1.807, 2.05) is 25.1 Å². The van der Waals surface area contributed by atoms with Crippen LogP contribution in [0, 0.1) is 0 Å². The van der Waals surface area contributed by atoms with Gasteiger partial charge in [0.1, 0.15) is 5.52 Å². The lowest BCUT2D eigenvalue weighted by molar-refractivity contribution is 0.169. The Bertz CT molecular complexity index is 1070. The molecule has 0 unspecified atom stereocenters. The molecule has 3 aromatic rings. The van der Waals surface area contributed by atoms with Crippen molar-refractivity contribution >= 4 is 32.7 Å². The summed E-state index contributed by atoms with van der Waals surface area (Å²) in [6.45, 7) is 4.75. The van der Waals surface area contributed by atoms with Gasteiger partial charge in [0.15, 0.2) is 5.58 Å². The lowest BCUT2D eigenvalue weighted by Gasteiger charge is -2.33. The van der Waals surface area contributed by atoms with Gasteiger partial charge in [0.05, 0.1) is 11.4 Å². The maximum Gasteiger partial charge on any atom is 0.243 e. The summed E-state index contributed by atoms with van der Waals surface area (Å²) < 4.78 is 33.1. The number of halogens is 1. The highest BCUT2D eigenvalue weighted by molar-refractivity contribution is 7.89. The van der Waals surface area contributed by atoms with Crippen LogP contribution >= 0.6 is 11.6 Å². The van der Waals surface area contributed by atoms with Gasteiger partial charge >= 0.3 is 0 Å². The van der Waals surface area contributed by atoms with Crippen LogP contribution in [0.4, 0.5) is 0 Å². The molecular weight excluding hydrogens is 398 g/mol. The molecule has 4 rings (SSSR count). The van der Waals surface area contributed by atoms with Crippen molar-refractivity contribution < 1.29 is 12.8 Å². The highest BCUT2D eigenvalue weighted by Gasteiger charge is 2.29. The van der Waals surface area contributed by atoms with Gasteiger partial charge in [0.25, 0.3) is 0 Å². The molecule has 1 fully saturated rings. The Kier molecular flexibility index (Phi) is 5.42. The number of sulfonamides is 1. The zero-order valence-electron chi connectivity index (χ0n) is 15.6. The van der Waals surface area contributed by atoms with Crippen LogP contribution in [0.3, 0.4) is 0 Å². The van der Waals surface area contributed by atoms with Gasteiger partial charge in [-0.3, -0.25) is 4.90 Å². The second-order valence-corrected chi connectivity index (χ2v) is 9.27. The second kappa shape index (κ2) is 7.83. The first-order chi connectivity index (χ1) is 13.5. The van der Waals surface area contributed by atoms with Gasteiger partial charge in [-0.25, -0.2) is 13.4 Å². The summed E-state index contributed by atoms with van der Waals surface area (Å²) in [6.07, 6.45) is 0.890. The molecule has 1 aromatic heterocycles. The average Bonchev–Trinajstić information content (AvgIpc) is 3.09. The number of nitrogens with zero attached hydrogens (tertiary/aromatic N) is 3. The van der Waals surface area contributed by atoms with E-state index in [4.69, 9.17) is 16.0 Å². The summed E-state index contributed by atoms with van der Waals surface area (Å²) in [5.74, 6) is 0.615. The topological polar surface area (TPSA) is 66.7 Å². The minimum atomic E-state index is -3.46. The van der Waals surface area contributed by atoms with Gasteiger partial charge < -0.3 is 4.42 Å². The molecule has 1 aliphatic heterocycles. The Balaban J connectivity index is 1.40. The molecule has 0 N–H and O–H groups in total. The van der Waals surface area contributed by atoms with Crippen LogP contribution in [0.5, 0.6) is 0 Å². The fraction of sp³-hybridized carbons (Fsp3) is 0.350. The van der Waals surface area contributed by atoms with E-state index in [0.29, 0.717) is 54.1 Å². The normalized spacial score (nSPS) is 16.6. The van der Waals surface area contributed by atoms with Gasteiger partial charge in [0.2, 0.25) is 15.9 Å². The fourth-order valence-electron chi connectivity index (χ4n) is 3.38. The maximum absolute atomic E-state index is 12.9. The van der Waals surface area contributed by atoms with Crippen LogP contribution in [0.15, 0.2) is 51.8 Å². The molecule has 0 atom stereocenters. The molecule has 0 aliphatic carbocycles. The fourth-order valence-corrected chi connectivity index (χ4v) is 4.97. The van der Waals surface area contributed by atoms with Crippen LogP contribution in [0.2, 0.25) is 5.02 Å². The maximum atomic E-state index is 12.9. The Morgan fingerprint density at radius 2 is 1.79 bits per heavy atom. The number of hydrogen-bond donors (Lipinski definition) is 0. The quantitative estimate of drug-likeness (QED) is 0.632. The van der Waals surface area contributed by atoms with Crippen LogP contribution in [0.25, 0.3) is 11.1 Å². The Hall–Kier alpha value is -1.93. The average molecular weight is 420 g/mol. The molecule has 2 aromatic carbocycles. The van der Waals surface area contributed by atoms with Crippen molar-refractivity contribution in [2.45, 2.75) is 24.8 Å². The van der Waals surface area contributed by atoms with E-state index in [0.717, 1.165) is 17.5 Å². The number of hydrogen-bond acceptors (Lipinski definition) is 5. The first kappa shape index (κ1) is 19.4. The number of piperazine rings is 1. The van der Waals surface area contributed by atoms with Crippen molar-refractivity contribution in [3.05, 3.63) is 58.9 Å². The third kappa shape index (κ3) is 3.93. The van der Waals surface area contributed by atoms with Crippen molar-refractivity contribution in [1.29, 1.82) is 0 Å². The summed E-state index contributed by atoms with van der Waals surface area (Å²) in [6, 6.07) is 12.5. The highest BCUT2D eigenvalue weighted by Crippen LogP contribution is 2.22. The summed E-state index contributed by atoms with van der Waals surface area (Å²) in [4.78, 5) is 6.98. The van der Waals surface area contributed by atoms with Crippen molar-refractivity contribution in [2.24, 2.45) is 0 Å². The standard InChI is InChI=1S/C20H22ClN3O3S/c1-2-15-3-6-17(7-4-15)28(25,26)24-11-9-23(10-12-24)14-20-22-18-13-16(21)5-8-19(18)27-20/h3-8,13H,2,9-12,14H2,1H3. The van der Waals surface area contributed by atoms with Gasteiger partial charge in [0, 0.05) is 31.2 Å². The molecule has 0 amide bonds. The minimum absolute atomic E-state index is 0.356. The van der Waals surface area contributed by atoms with E-state index in [9.17, 15) is 8.42 Å². The molecular formula is C20H22ClN3O3S. The van der Waals surface area contributed by atoms with Crippen molar-refractivity contribution in [2.75, 3.05) is 26.2 Å². The van der Waals surface area contributed by atoms with Crippen molar-refractivity contribution in [3.8, 4) is 0 Å². The molecule has 0 radical (unpaired) electrons. The van der Waals surface area contributed by atoms with E-state index in [-0.39, 0.29) is 0 Å². The van der Waals surface area contributed by atoms with Crippen LogP contribution in [0.1, 0.15) is 18.4 Å². The highest BCUT2D eigenvalue weighted by atomic mass is 35.5. The van der Waals surface area contributed by atoms with Crippen LogP contribution in [-0.4, -0.2) is 48.8 Å². The number of aromatic nitrogens is 1. The Morgan fingerprint density at radius 1 is 1.07 bits per heavy atom. The molecule has 2 heterocycles.